The van der Waals surface area contributed by atoms with Crippen LogP contribution in [-0.4, -0.2) is 18.6 Å². The van der Waals surface area contributed by atoms with E-state index in [1.165, 1.54) is 0 Å². The molecule has 0 radical (unpaired) electrons. The molecule has 0 spiro atoms. The molecule has 2 rings (SSSR count). The molecule has 4 heteroatoms. The zero-order valence-corrected chi connectivity index (χ0v) is 12.2. The molecule has 18 heavy (non-hydrogen) atoms. The highest BCUT2D eigenvalue weighted by molar-refractivity contribution is 6.33. The normalized spacial score (nSPS) is 21.4. The predicted molar refractivity (Wildman–Crippen MR) is 76.1 cm³/mol. The highest BCUT2D eigenvalue weighted by atomic mass is 35.5. The molecule has 0 aliphatic carbocycles. The molecule has 2 nitrogen and oxygen atoms in total. The summed E-state index contributed by atoms with van der Waals surface area (Å²) in [5.41, 5.74) is 1.42. The Bertz CT molecular complexity index is 497. The molecule has 0 aromatic heterocycles. The van der Waals surface area contributed by atoms with Crippen molar-refractivity contribution >= 4 is 29.3 Å². The van der Waals surface area contributed by atoms with Crippen LogP contribution >= 0.6 is 23.2 Å². The topological polar surface area (TPSA) is 18.5 Å². The van der Waals surface area contributed by atoms with Gasteiger partial charge in [0.25, 0.3) is 0 Å². The predicted octanol–water partition coefficient (Wildman–Crippen LogP) is 4.45. The first-order valence-corrected chi connectivity index (χ1v) is 6.73. The molecule has 0 fully saturated rings. The van der Waals surface area contributed by atoms with Crippen LogP contribution in [0, 0.1) is 6.92 Å². The third kappa shape index (κ3) is 2.32. The minimum absolute atomic E-state index is 0.406. The number of halogens is 2. The first kappa shape index (κ1) is 13.6. The van der Waals surface area contributed by atoms with Gasteiger partial charge < -0.3 is 9.47 Å². The van der Waals surface area contributed by atoms with E-state index in [2.05, 4.69) is 0 Å². The van der Waals surface area contributed by atoms with E-state index in [4.69, 9.17) is 32.7 Å². The molecule has 1 atom stereocenters. The molecular formula is C14H16Cl2O2. The number of hydrogen-bond donors (Lipinski definition) is 0. The zero-order chi connectivity index (χ0) is 13.3. The molecule has 0 N–H and O–H groups in total. The minimum atomic E-state index is -0.406. The first-order chi connectivity index (χ1) is 8.50. The number of benzene rings is 1. The molecule has 1 heterocycles. The van der Waals surface area contributed by atoms with Crippen molar-refractivity contribution < 1.29 is 9.47 Å². The average Bonchev–Trinajstić information content (AvgIpc) is 2.34. The summed E-state index contributed by atoms with van der Waals surface area (Å²) in [4.78, 5) is 0. The van der Waals surface area contributed by atoms with E-state index in [1.54, 1.807) is 7.11 Å². The quantitative estimate of drug-likeness (QED) is 0.765. The van der Waals surface area contributed by atoms with Crippen LogP contribution in [-0.2, 0) is 0 Å². The maximum Gasteiger partial charge on any atom is 0.150 e. The number of methoxy groups -OCH3 is 1. The van der Waals surface area contributed by atoms with Gasteiger partial charge in [0.15, 0.2) is 0 Å². The highest BCUT2D eigenvalue weighted by Gasteiger charge is 2.30. The summed E-state index contributed by atoms with van der Waals surface area (Å²) in [5.74, 6) is 2.00. The Morgan fingerprint density at radius 1 is 1.44 bits per heavy atom. The maximum atomic E-state index is 6.32. The Morgan fingerprint density at radius 2 is 2.17 bits per heavy atom. The number of aryl methyl sites for hydroxylation is 1. The molecular weight excluding hydrogens is 271 g/mol. The van der Waals surface area contributed by atoms with E-state index in [0.717, 1.165) is 23.3 Å². The van der Waals surface area contributed by atoms with Crippen LogP contribution in [0.2, 0.25) is 5.02 Å². The van der Waals surface area contributed by atoms with Crippen LogP contribution in [0.1, 0.15) is 24.5 Å². The number of alkyl halides is 1. The van der Waals surface area contributed by atoms with Gasteiger partial charge >= 0.3 is 0 Å². The van der Waals surface area contributed by atoms with Crippen LogP contribution in [0.5, 0.6) is 11.5 Å². The van der Waals surface area contributed by atoms with Gasteiger partial charge in [-0.25, -0.2) is 0 Å². The Labute approximate surface area is 117 Å². The van der Waals surface area contributed by atoms with Crippen molar-refractivity contribution in [2.45, 2.75) is 25.9 Å². The summed E-state index contributed by atoms with van der Waals surface area (Å²) in [5, 5.41) is 0.635. The summed E-state index contributed by atoms with van der Waals surface area (Å²) in [7, 11) is 1.64. The largest absolute Gasteiger partial charge is 0.496 e. The molecule has 1 aliphatic rings. The number of ether oxygens (including phenoxy) is 2. The Kier molecular flexibility index (Phi) is 3.79. The third-order valence-corrected chi connectivity index (χ3v) is 3.81. The SMILES string of the molecule is COc1cc(C)c(Cl)c2c1C=CC(C)(CCCl)O2. The highest BCUT2D eigenvalue weighted by Crippen LogP contribution is 2.44. The summed E-state index contributed by atoms with van der Waals surface area (Å²) < 4.78 is 11.4. The molecule has 0 saturated carbocycles. The molecule has 98 valence electrons. The van der Waals surface area contributed by atoms with Gasteiger partial charge in [0.05, 0.1) is 17.7 Å². The maximum absolute atomic E-state index is 6.32. The van der Waals surface area contributed by atoms with Gasteiger partial charge in [0, 0.05) is 12.3 Å². The average molecular weight is 287 g/mol. The number of hydrogen-bond acceptors (Lipinski definition) is 2. The lowest BCUT2D eigenvalue weighted by molar-refractivity contribution is 0.134. The molecule has 1 aliphatic heterocycles. The summed E-state index contributed by atoms with van der Waals surface area (Å²) in [6.45, 7) is 3.94. The van der Waals surface area contributed by atoms with Crippen molar-refractivity contribution in [3.63, 3.8) is 0 Å². The smallest absolute Gasteiger partial charge is 0.150 e. The van der Waals surface area contributed by atoms with Crippen molar-refractivity contribution in [3.8, 4) is 11.5 Å². The van der Waals surface area contributed by atoms with Gasteiger partial charge in [0.1, 0.15) is 17.1 Å². The number of rotatable bonds is 3. The standard InChI is InChI=1S/C14H16Cl2O2/c1-9-8-11(17-3)10-4-5-14(2,6-7-15)18-13(10)12(9)16/h4-5,8H,6-7H2,1-3H3. The Hall–Kier alpha value is -0.860. The fourth-order valence-corrected chi connectivity index (χ4v) is 2.59. The third-order valence-electron chi connectivity index (χ3n) is 3.15. The lowest BCUT2D eigenvalue weighted by Gasteiger charge is -2.32. The van der Waals surface area contributed by atoms with E-state index in [0.29, 0.717) is 16.7 Å². The van der Waals surface area contributed by atoms with E-state index < -0.39 is 5.60 Å². The van der Waals surface area contributed by atoms with E-state index >= 15 is 0 Å². The van der Waals surface area contributed by atoms with Crippen molar-refractivity contribution in [1.29, 1.82) is 0 Å². The lowest BCUT2D eigenvalue weighted by atomic mass is 9.96. The van der Waals surface area contributed by atoms with Gasteiger partial charge in [-0.3, -0.25) is 0 Å². The van der Waals surface area contributed by atoms with Gasteiger partial charge in [-0.1, -0.05) is 11.6 Å². The van der Waals surface area contributed by atoms with Crippen molar-refractivity contribution in [1.82, 2.24) is 0 Å². The fourth-order valence-electron chi connectivity index (χ4n) is 2.02. The van der Waals surface area contributed by atoms with Gasteiger partial charge in [-0.05, 0) is 37.6 Å². The Balaban J connectivity index is 2.52. The van der Waals surface area contributed by atoms with Gasteiger partial charge in [-0.15, -0.1) is 11.6 Å². The molecule has 0 saturated heterocycles. The fraction of sp³-hybridized carbons (Fsp3) is 0.429. The molecule has 1 aromatic rings. The van der Waals surface area contributed by atoms with Crippen molar-refractivity contribution in [2.75, 3.05) is 13.0 Å². The minimum Gasteiger partial charge on any atom is -0.496 e. The number of fused-ring (bicyclic) bond motifs is 1. The molecule has 1 aromatic carbocycles. The van der Waals surface area contributed by atoms with Gasteiger partial charge in [-0.2, -0.15) is 0 Å². The van der Waals surface area contributed by atoms with E-state index in [9.17, 15) is 0 Å². The van der Waals surface area contributed by atoms with Crippen molar-refractivity contribution in [3.05, 3.63) is 28.3 Å². The molecule has 0 amide bonds. The second-order valence-corrected chi connectivity index (χ2v) is 5.40. The van der Waals surface area contributed by atoms with Crippen LogP contribution in [0.15, 0.2) is 12.1 Å². The van der Waals surface area contributed by atoms with Gasteiger partial charge in [0.2, 0.25) is 0 Å². The first-order valence-electron chi connectivity index (χ1n) is 5.82. The monoisotopic (exact) mass is 286 g/mol. The van der Waals surface area contributed by atoms with Crippen LogP contribution in [0.25, 0.3) is 6.08 Å². The lowest BCUT2D eigenvalue weighted by Crippen LogP contribution is -2.32. The molecule has 1 unspecified atom stereocenters. The van der Waals surface area contributed by atoms with Crippen LogP contribution < -0.4 is 9.47 Å². The van der Waals surface area contributed by atoms with Crippen LogP contribution in [0.3, 0.4) is 0 Å². The van der Waals surface area contributed by atoms with E-state index in [-0.39, 0.29) is 0 Å². The zero-order valence-electron chi connectivity index (χ0n) is 10.7. The molecule has 0 bridgehead atoms. The van der Waals surface area contributed by atoms with E-state index in [1.807, 2.05) is 32.1 Å². The summed E-state index contributed by atoms with van der Waals surface area (Å²) in [6, 6.07) is 1.92. The summed E-state index contributed by atoms with van der Waals surface area (Å²) in [6.07, 6.45) is 4.73. The summed E-state index contributed by atoms with van der Waals surface area (Å²) >= 11 is 12.1. The van der Waals surface area contributed by atoms with Crippen LogP contribution in [0.4, 0.5) is 0 Å². The second-order valence-electron chi connectivity index (χ2n) is 4.64. The Morgan fingerprint density at radius 3 is 2.78 bits per heavy atom. The second kappa shape index (κ2) is 5.02. The van der Waals surface area contributed by atoms with Crippen molar-refractivity contribution in [2.24, 2.45) is 0 Å².